The van der Waals surface area contributed by atoms with E-state index in [9.17, 15) is 14.9 Å². The summed E-state index contributed by atoms with van der Waals surface area (Å²) in [6, 6.07) is 4.47. The topological polar surface area (TPSA) is 72.7 Å². The number of ether oxygens (including phenoxy) is 1. The summed E-state index contributed by atoms with van der Waals surface area (Å²) in [5, 5.41) is 11.2. The number of rotatable bonds is 9. The van der Waals surface area contributed by atoms with E-state index in [2.05, 4.69) is 6.92 Å². The number of amides is 1. The Morgan fingerprint density at radius 2 is 2.21 bits per heavy atom. The van der Waals surface area contributed by atoms with Crippen molar-refractivity contribution in [2.75, 3.05) is 18.1 Å². The van der Waals surface area contributed by atoms with Crippen LogP contribution in [0.15, 0.2) is 18.2 Å². The Morgan fingerprint density at radius 1 is 1.50 bits per heavy atom. The lowest BCUT2D eigenvalue weighted by molar-refractivity contribution is -0.384. The zero-order chi connectivity index (χ0) is 17.7. The Morgan fingerprint density at radius 3 is 2.79 bits per heavy atom. The number of nitrogens with zero attached hydrogens (tertiary/aromatic N) is 2. The van der Waals surface area contributed by atoms with Crippen molar-refractivity contribution in [2.45, 2.75) is 45.6 Å². The SMILES string of the molecule is CCCCOC(C)C(=O)N(CC1CC1)c1ccc(Cl)c([N+](=O)[O-])c1. The number of carbonyl (C=O) groups is 1. The van der Waals surface area contributed by atoms with Crippen molar-refractivity contribution in [1.82, 2.24) is 0 Å². The number of nitro benzene ring substituents is 1. The van der Waals surface area contributed by atoms with Gasteiger partial charge >= 0.3 is 0 Å². The highest BCUT2D eigenvalue weighted by Gasteiger charge is 2.31. The second-order valence-electron chi connectivity index (χ2n) is 6.15. The number of benzene rings is 1. The molecule has 24 heavy (non-hydrogen) atoms. The molecule has 1 amide bonds. The van der Waals surface area contributed by atoms with E-state index in [1.165, 1.54) is 12.1 Å². The molecule has 1 atom stereocenters. The van der Waals surface area contributed by atoms with Crippen molar-refractivity contribution in [1.29, 1.82) is 0 Å². The van der Waals surface area contributed by atoms with Gasteiger partial charge in [-0.25, -0.2) is 0 Å². The van der Waals surface area contributed by atoms with Crippen LogP contribution in [0.5, 0.6) is 0 Å². The van der Waals surface area contributed by atoms with E-state index in [1.807, 2.05) is 0 Å². The Bertz CT molecular complexity index is 604. The van der Waals surface area contributed by atoms with E-state index in [-0.39, 0.29) is 16.6 Å². The number of hydrogen-bond acceptors (Lipinski definition) is 4. The third-order valence-electron chi connectivity index (χ3n) is 4.06. The maximum atomic E-state index is 12.8. The number of unbranched alkanes of at least 4 members (excludes halogenated alkanes) is 1. The molecule has 1 unspecified atom stereocenters. The molecule has 1 fully saturated rings. The molecule has 2 rings (SSSR count). The minimum Gasteiger partial charge on any atom is -0.369 e. The van der Waals surface area contributed by atoms with Gasteiger partial charge in [-0.2, -0.15) is 0 Å². The highest BCUT2D eigenvalue weighted by atomic mass is 35.5. The highest BCUT2D eigenvalue weighted by molar-refractivity contribution is 6.32. The molecule has 0 N–H and O–H groups in total. The van der Waals surface area contributed by atoms with Gasteiger partial charge in [-0.1, -0.05) is 24.9 Å². The van der Waals surface area contributed by atoms with E-state index < -0.39 is 11.0 Å². The Labute approximate surface area is 146 Å². The van der Waals surface area contributed by atoms with Crippen LogP contribution in [-0.2, 0) is 9.53 Å². The van der Waals surface area contributed by atoms with E-state index in [0.29, 0.717) is 24.8 Å². The zero-order valence-electron chi connectivity index (χ0n) is 14.0. The highest BCUT2D eigenvalue weighted by Crippen LogP contribution is 2.34. The zero-order valence-corrected chi connectivity index (χ0v) is 14.8. The molecule has 1 aromatic rings. The van der Waals surface area contributed by atoms with Crippen LogP contribution in [-0.4, -0.2) is 30.1 Å². The van der Waals surface area contributed by atoms with Crippen molar-refractivity contribution < 1.29 is 14.5 Å². The maximum absolute atomic E-state index is 12.8. The largest absolute Gasteiger partial charge is 0.369 e. The second-order valence-corrected chi connectivity index (χ2v) is 6.56. The first-order valence-electron chi connectivity index (χ1n) is 8.31. The molecule has 0 saturated heterocycles. The summed E-state index contributed by atoms with van der Waals surface area (Å²) in [6.07, 6.45) is 3.46. The van der Waals surface area contributed by atoms with Crippen LogP contribution < -0.4 is 4.90 Å². The molecule has 6 nitrogen and oxygen atoms in total. The minimum atomic E-state index is -0.579. The van der Waals surface area contributed by atoms with Crippen molar-refractivity contribution in [2.24, 2.45) is 5.92 Å². The normalized spacial score (nSPS) is 15.1. The number of hydrogen-bond donors (Lipinski definition) is 0. The van der Waals surface area contributed by atoms with Crippen LogP contribution in [0.1, 0.15) is 39.5 Å². The predicted molar refractivity (Wildman–Crippen MR) is 93.5 cm³/mol. The van der Waals surface area contributed by atoms with Crippen LogP contribution in [0.3, 0.4) is 0 Å². The number of nitro groups is 1. The number of carbonyl (C=O) groups excluding carboxylic acids is 1. The summed E-state index contributed by atoms with van der Waals surface area (Å²) in [5.41, 5.74) is 0.302. The van der Waals surface area contributed by atoms with Crippen LogP contribution in [0, 0.1) is 16.0 Å². The van der Waals surface area contributed by atoms with Gasteiger partial charge in [-0.05, 0) is 44.2 Å². The Kier molecular flexibility index (Phi) is 6.57. The fourth-order valence-electron chi connectivity index (χ4n) is 2.39. The molecule has 0 aromatic heterocycles. The van der Waals surface area contributed by atoms with Gasteiger partial charge in [0.1, 0.15) is 11.1 Å². The molecule has 0 radical (unpaired) electrons. The standard InChI is InChI=1S/C17H23ClN2O4/c1-3-4-9-24-12(2)17(21)19(11-13-5-6-13)14-7-8-15(18)16(10-14)20(22)23/h7-8,10,12-13H,3-6,9,11H2,1-2H3. The molecule has 1 aliphatic rings. The summed E-state index contributed by atoms with van der Waals surface area (Å²) < 4.78 is 5.60. The summed E-state index contributed by atoms with van der Waals surface area (Å²) in [5.74, 6) is 0.279. The summed E-state index contributed by atoms with van der Waals surface area (Å²) in [7, 11) is 0. The molecule has 0 aliphatic heterocycles. The van der Waals surface area contributed by atoms with Gasteiger partial charge in [0.05, 0.1) is 10.6 Å². The van der Waals surface area contributed by atoms with Crippen LogP contribution >= 0.6 is 11.6 Å². The first-order valence-corrected chi connectivity index (χ1v) is 8.68. The van der Waals surface area contributed by atoms with Crippen LogP contribution in [0.4, 0.5) is 11.4 Å². The lowest BCUT2D eigenvalue weighted by Gasteiger charge is -2.26. The molecule has 1 saturated carbocycles. The molecule has 0 bridgehead atoms. The smallest absolute Gasteiger partial charge is 0.289 e. The van der Waals surface area contributed by atoms with Crippen molar-refractivity contribution in [3.05, 3.63) is 33.3 Å². The number of anilines is 1. The van der Waals surface area contributed by atoms with Gasteiger partial charge in [0.2, 0.25) is 0 Å². The van der Waals surface area contributed by atoms with E-state index in [1.54, 1.807) is 17.9 Å². The third-order valence-corrected chi connectivity index (χ3v) is 4.37. The number of halogens is 1. The maximum Gasteiger partial charge on any atom is 0.289 e. The van der Waals surface area contributed by atoms with Gasteiger partial charge in [0.15, 0.2) is 0 Å². The van der Waals surface area contributed by atoms with Gasteiger partial charge in [0, 0.05) is 19.2 Å². The monoisotopic (exact) mass is 354 g/mol. The van der Waals surface area contributed by atoms with Gasteiger partial charge in [-0.3, -0.25) is 14.9 Å². The molecule has 1 aliphatic carbocycles. The first-order chi connectivity index (χ1) is 11.4. The fourth-order valence-corrected chi connectivity index (χ4v) is 2.57. The Hall–Kier alpha value is -1.66. The van der Waals surface area contributed by atoms with Gasteiger partial charge < -0.3 is 9.64 Å². The van der Waals surface area contributed by atoms with E-state index in [0.717, 1.165) is 25.7 Å². The lowest BCUT2D eigenvalue weighted by atomic mass is 10.2. The Balaban J connectivity index is 2.19. The van der Waals surface area contributed by atoms with Gasteiger partial charge in [0.25, 0.3) is 11.6 Å². The molecular weight excluding hydrogens is 332 g/mol. The van der Waals surface area contributed by atoms with Gasteiger partial charge in [-0.15, -0.1) is 0 Å². The van der Waals surface area contributed by atoms with E-state index >= 15 is 0 Å². The molecular formula is C17H23ClN2O4. The van der Waals surface area contributed by atoms with E-state index in [4.69, 9.17) is 16.3 Å². The quantitative estimate of drug-likeness (QED) is 0.378. The predicted octanol–water partition coefficient (Wildman–Crippen LogP) is 4.20. The van der Waals surface area contributed by atoms with Crippen LogP contribution in [0.25, 0.3) is 0 Å². The van der Waals surface area contributed by atoms with Crippen molar-refractivity contribution in [3.8, 4) is 0 Å². The molecule has 0 spiro atoms. The average molecular weight is 355 g/mol. The summed E-state index contributed by atoms with van der Waals surface area (Å²) >= 11 is 5.87. The van der Waals surface area contributed by atoms with Crippen LogP contribution in [0.2, 0.25) is 5.02 Å². The summed E-state index contributed by atoms with van der Waals surface area (Å²) in [4.78, 5) is 24.9. The first kappa shape index (κ1) is 18.7. The molecule has 132 valence electrons. The molecule has 0 heterocycles. The second kappa shape index (κ2) is 8.44. The fraction of sp³-hybridized carbons (Fsp3) is 0.588. The summed E-state index contributed by atoms with van der Waals surface area (Å²) in [6.45, 7) is 4.87. The van der Waals surface area contributed by atoms with Crippen molar-refractivity contribution >= 4 is 28.9 Å². The minimum absolute atomic E-state index is 0.0646. The molecule has 7 heteroatoms. The lowest BCUT2D eigenvalue weighted by Crippen LogP contribution is -2.40. The molecule has 1 aromatic carbocycles. The average Bonchev–Trinajstić information content (AvgIpc) is 3.36. The third kappa shape index (κ3) is 4.92. The van der Waals surface area contributed by atoms with Crippen molar-refractivity contribution in [3.63, 3.8) is 0 Å².